The van der Waals surface area contributed by atoms with Crippen LogP contribution < -0.4 is 25.8 Å². The summed E-state index contributed by atoms with van der Waals surface area (Å²) in [5.74, 6) is 0.905. The average Bonchev–Trinajstić information content (AvgIpc) is 3.18. The van der Waals surface area contributed by atoms with E-state index in [0.29, 0.717) is 37.7 Å². The summed E-state index contributed by atoms with van der Waals surface area (Å²) >= 11 is 0. The van der Waals surface area contributed by atoms with Gasteiger partial charge in [-0.25, -0.2) is 4.63 Å². The van der Waals surface area contributed by atoms with Gasteiger partial charge in [0.05, 0.1) is 7.11 Å². The van der Waals surface area contributed by atoms with Crippen LogP contribution in [0.5, 0.6) is 11.5 Å². The van der Waals surface area contributed by atoms with Crippen LogP contribution in [0.3, 0.4) is 0 Å². The molecule has 0 bridgehead atoms. The molecule has 1 amide bonds. The van der Waals surface area contributed by atoms with Gasteiger partial charge in [-0.05, 0) is 40.5 Å². The van der Waals surface area contributed by atoms with Gasteiger partial charge < -0.3 is 25.8 Å². The molecule has 3 rings (SSSR count). The van der Waals surface area contributed by atoms with Crippen molar-refractivity contribution in [3.8, 4) is 11.5 Å². The Morgan fingerprint density at radius 3 is 2.65 bits per heavy atom. The number of nitrogen functional groups attached to an aromatic ring is 1. The lowest BCUT2D eigenvalue weighted by molar-refractivity contribution is 0.0944. The summed E-state index contributed by atoms with van der Waals surface area (Å²) in [5.41, 5.74) is 8.80. The molecule has 0 saturated carbocycles. The summed E-state index contributed by atoms with van der Waals surface area (Å²) in [7, 11) is 1.62. The van der Waals surface area contributed by atoms with Crippen LogP contribution in [0.25, 0.3) is 0 Å². The highest BCUT2D eigenvalue weighted by Gasteiger charge is 2.14. The third kappa shape index (κ3) is 6.87. The Bertz CT molecular complexity index is 995. The number of anilines is 1. The highest BCUT2D eigenvalue weighted by Crippen LogP contribution is 2.29. The van der Waals surface area contributed by atoms with Crippen LogP contribution in [-0.2, 0) is 13.2 Å². The maximum Gasteiger partial charge on any atom is 0.277 e. The van der Waals surface area contributed by atoms with Crippen molar-refractivity contribution in [3.05, 3.63) is 64.8 Å². The number of carbonyl (C=O) groups excluding carboxylic acids is 1. The predicted octanol–water partition coefficient (Wildman–Crippen LogP) is 2.49. The van der Waals surface area contributed by atoms with Crippen molar-refractivity contribution in [2.75, 3.05) is 25.9 Å². The van der Waals surface area contributed by atoms with Gasteiger partial charge in [0, 0.05) is 19.6 Å². The first-order valence-corrected chi connectivity index (χ1v) is 9.49. The zero-order valence-corrected chi connectivity index (χ0v) is 18.2. The van der Waals surface area contributed by atoms with E-state index in [0.717, 1.165) is 11.1 Å². The molecular weight excluding hydrogens is 422 g/mol. The standard InChI is InChI=1S/C21H25N5O4.ClH/c1-14-4-3-5-16(10-14)13-29-17-7-6-15(11-18(17)28-2)12-23-8-9-24-21(27)19-20(22)26-30-25-19;/h3-7,10-11,23H,8-9,12-13H2,1-2H3,(H2,22,26)(H,24,27);1H. The topological polar surface area (TPSA) is 125 Å². The Hall–Kier alpha value is -3.30. The Kier molecular flexibility index (Phi) is 9.11. The second-order valence-corrected chi connectivity index (χ2v) is 6.69. The molecule has 1 heterocycles. The molecule has 0 saturated heterocycles. The summed E-state index contributed by atoms with van der Waals surface area (Å²) < 4.78 is 15.8. The summed E-state index contributed by atoms with van der Waals surface area (Å²) in [4.78, 5) is 11.9. The van der Waals surface area contributed by atoms with Crippen molar-refractivity contribution in [1.82, 2.24) is 20.9 Å². The number of rotatable bonds is 10. The normalized spacial score (nSPS) is 10.3. The van der Waals surface area contributed by atoms with Gasteiger partial charge in [-0.3, -0.25) is 4.79 Å². The summed E-state index contributed by atoms with van der Waals surface area (Å²) in [6, 6.07) is 14.0. The first kappa shape index (κ1) is 24.0. The number of hydrogen-bond donors (Lipinski definition) is 3. The van der Waals surface area contributed by atoms with Gasteiger partial charge in [-0.2, -0.15) is 0 Å². The minimum absolute atomic E-state index is 0. The number of carbonyl (C=O) groups is 1. The summed E-state index contributed by atoms with van der Waals surface area (Å²) in [6.07, 6.45) is 0. The number of halogens is 1. The lowest BCUT2D eigenvalue weighted by Crippen LogP contribution is -2.32. The molecule has 0 unspecified atom stereocenters. The van der Waals surface area contributed by atoms with Gasteiger partial charge in [-0.1, -0.05) is 35.9 Å². The van der Waals surface area contributed by atoms with Crippen LogP contribution in [-0.4, -0.2) is 36.4 Å². The van der Waals surface area contributed by atoms with Crippen molar-refractivity contribution in [1.29, 1.82) is 0 Å². The molecule has 0 atom stereocenters. The molecule has 4 N–H and O–H groups in total. The highest BCUT2D eigenvalue weighted by atomic mass is 35.5. The Morgan fingerprint density at radius 1 is 1.10 bits per heavy atom. The number of hydrogen-bond acceptors (Lipinski definition) is 8. The number of aromatic nitrogens is 2. The van der Waals surface area contributed by atoms with Gasteiger partial charge in [0.25, 0.3) is 5.91 Å². The van der Waals surface area contributed by atoms with E-state index in [1.807, 2.05) is 30.3 Å². The van der Waals surface area contributed by atoms with Gasteiger partial charge in [0.2, 0.25) is 11.5 Å². The summed E-state index contributed by atoms with van der Waals surface area (Å²) in [6.45, 7) is 4.10. The van der Waals surface area contributed by atoms with Crippen LogP contribution in [0.2, 0.25) is 0 Å². The molecule has 1 aromatic heterocycles. The van der Waals surface area contributed by atoms with Crippen molar-refractivity contribution >= 4 is 24.1 Å². The molecule has 0 radical (unpaired) electrons. The first-order chi connectivity index (χ1) is 14.6. The monoisotopic (exact) mass is 447 g/mol. The highest BCUT2D eigenvalue weighted by molar-refractivity contribution is 5.95. The number of nitrogens with two attached hydrogens (primary N) is 1. The van der Waals surface area contributed by atoms with Gasteiger partial charge in [-0.15, -0.1) is 12.4 Å². The third-order valence-corrected chi connectivity index (χ3v) is 4.35. The Labute approximate surface area is 186 Å². The molecule has 166 valence electrons. The molecule has 31 heavy (non-hydrogen) atoms. The fraction of sp³-hybridized carbons (Fsp3) is 0.286. The second-order valence-electron chi connectivity index (χ2n) is 6.69. The van der Waals surface area contributed by atoms with E-state index in [4.69, 9.17) is 15.2 Å². The van der Waals surface area contributed by atoms with Gasteiger partial charge in [0.15, 0.2) is 11.5 Å². The largest absolute Gasteiger partial charge is 0.493 e. The molecule has 3 aromatic rings. The number of methoxy groups -OCH3 is 1. The summed E-state index contributed by atoms with van der Waals surface area (Å²) in [5, 5.41) is 12.8. The number of aryl methyl sites for hydroxylation is 1. The predicted molar refractivity (Wildman–Crippen MR) is 119 cm³/mol. The van der Waals surface area contributed by atoms with E-state index >= 15 is 0 Å². The number of benzene rings is 2. The van der Waals surface area contributed by atoms with Crippen molar-refractivity contribution < 1.29 is 18.9 Å². The van der Waals surface area contributed by atoms with E-state index in [1.54, 1.807) is 7.11 Å². The van der Waals surface area contributed by atoms with Crippen molar-refractivity contribution in [3.63, 3.8) is 0 Å². The molecule has 0 fully saturated rings. The SMILES string of the molecule is COc1cc(CNCCNC(=O)c2nonc2N)ccc1OCc1cccc(C)c1.Cl. The number of nitrogens with one attached hydrogen (secondary N) is 2. The maximum absolute atomic E-state index is 11.9. The minimum atomic E-state index is -0.424. The number of nitrogens with zero attached hydrogens (tertiary/aromatic N) is 2. The van der Waals surface area contributed by atoms with E-state index in [-0.39, 0.29) is 23.9 Å². The van der Waals surface area contributed by atoms with Crippen LogP contribution >= 0.6 is 12.4 Å². The third-order valence-electron chi connectivity index (χ3n) is 4.35. The van der Waals surface area contributed by atoms with Crippen LogP contribution in [0.15, 0.2) is 47.1 Å². The smallest absolute Gasteiger partial charge is 0.277 e. The number of amides is 1. The Morgan fingerprint density at radius 2 is 1.94 bits per heavy atom. The minimum Gasteiger partial charge on any atom is -0.493 e. The molecule has 10 heteroatoms. The molecule has 9 nitrogen and oxygen atoms in total. The van der Waals surface area contributed by atoms with E-state index in [1.165, 1.54) is 5.56 Å². The first-order valence-electron chi connectivity index (χ1n) is 9.49. The fourth-order valence-corrected chi connectivity index (χ4v) is 2.84. The van der Waals surface area contributed by atoms with Crippen LogP contribution in [0, 0.1) is 6.92 Å². The molecule has 0 aliphatic rings. The average molecular weight is 448 g/mol. The maximum atomic E-state index is 11.9. The second kappa shape index (κ2) is 11.8. The lowest BCUT2D eigenvalue weighted by Gasteiger charge is -2.13. The molecule has 0 aliphatic carbocycles. The quantitative estimate of drug-likeness (QED) is 0.405. The zero-order valence-electron chi connectivity index (χ0n) is 17.4. The fourth-order valence-electron chi connectivity index (χ4n) is 2.84. The van der Waals surface area contributed by atoms with Crippen LogP contribution in [0.1, 0.15) is 27.2 Å². The Balaban J connectivity index is 0.00000341. The van der Waals surface area contributed by atoms with Crippen LogP contribution in [0.4, 0.5) is 5.82 Å². The molecule has 0 spiro atoms. The van der Waals surface area contributed by atoms with Crippen molar-refractivity contribution in [2.45, 2.75) is 20.1 Å². The van der Waals surface area contributed by atoms with Crippen molar-refractivity contribution in [2.24, 2.45) is 0 Å². The molecule has 2 aromatic carbocycles. The van der Waals surface area contributed by atoms with E-state index in [9.17, 15) is 4.79 Å². The van der Waals surface area contributed by atoms with Gasteiger partial charge >= 0.3 is 0 Å². The molecular formula is C21H26ClN5O4. The zero-order chi connectivity index (χ0) is 21.3. The lowest BCUT2D eigenvalue weighted by atomic mass is 10.1. The van der Waals surface area contributed by atoms with E-state index < -0.39 is 5.91 Å². The van der Waals surface area contributed by atoms with E-state index in [2.05, 4.69) is 44.6 Å². The van der Waals surface area contributed by atoms with Gasteiger partial charge in [0.1, 0.15) is 6.61 Å². The molecule has 0 aliphatic heterocycles. The number of ether oxygens (including phenoxy) is 2.